The molecule has 0 aliphatic carbocycles. The zero-order valence-corrected chi connectivity index (χ0v) is 13.8. The molecule has 9 heteroatoms. The number of likely N-dealkylation sites (N-methyl/N-ethyl adjacent to an activating group) is 1. The van der Waals surface area contributed by atoms with Gasteiger partial charge in [-0.1, -0.05) is 12.1 Å². The van der Waals surface area contributed by atoms with Crippen LogP contribution in [0.25, 0.3) is 0 Å². The van der Waals surface area contributed by atoms with Gasteiger partial charge in [0, 0.05) is 12.7 Å². The van der Waals surface area contributed by atoms with Crippen LogP contribution in [0.3, 0.4) is 0 Å². The van der Waals surface area contributed by atoms with E-state index in [-0.39, 0.29) is 17.2 Å². The Morgan fingerprint density at radius 2 is 1.80 bits per heavy atom. The van der Waals surface area contributed by atoms with Gasteiger partial charge in [-0.3, -0.25) is 9.52 Å². The van der Waals surface area contributed by atoms with E-state index in [1.165, 1.54) is 35.2 Å². The fraction of sp³-hybridized carbons (Fsp3) is 0.188. The highest BCUT2D eigenvalue weighted by Gasteiger charge is 2.34. The first-order valence-electron chi connectivity index (χ1n) is 7.18. The van der Waals surface area contributed by atoms with Crippen LogP contribution in [-0.2, 0) is 27.4 Å². The molecule has 1 amide bonds. The summed E-state index contributed by atoms with van der Waals surface area (Å²) in [7, 11) is -2.66. The van der Waals surface area contributed by atoms with Crippen molar-refractivity contribution < 1.29 is 26.4 Å². The van der Waals surface area contributed by atoms with E-state index in [1.54, 1.807) is 7.05 Å². The third kappa shape index (κ3) is 3.19. The minimum Gasteiger partial charge on any atom is -0.315 e. The molecule has 0 spiro atoms. The van der Waals surface area contributed by atoms with Gasteiger partial charge in [0.05, 0.1) is 22.6 Å². The second kappa shape index (κ2) is 5.76. The van der Waals surface area contributed by atoms with Crippen LogP contribution < -0.4 is 9.62 Å². The van der Waals surface area contributed by atoms with Crippen molar-refractivity contribution in [3.63, 3.8) is 0 Å². The number of alkyl halides is 3. The summed E-state index contributed by atoms with van der Waals surface area (Å²) >= 11 is 0. The van der Waals surface area contributed by atoms with E-state index in [0.29, 0.717) is 11.3 Å². The molecule has 2 aromatic carbocycles. The summed E-state index contributed by atoms with van der Waals surface area (Å²) in [5.41, 5.74) is -0.530. The van der Waals surface area contributed by atoms with Crippen molar-refractivity contribution in [2.45, 2.75) is 17.5 Å². The minimum absolute atomic E-state index is 0.0499. The highest BCUT2D eigenvalue weighted by atomic mass is 32.2. The Morgan fingerprint density at radius 3 is 2.48 bits per heavy atom. The van der Waals surface area contributed by atoms with Crippen molar-refractivity contribution in [3.8, 4) is 0 Å². The molecular formula is C16H13F3N2O3S. The van der Waals surface area contributed by atoms with Crippen molar-refractivity contribution in [2.24, 2.45) is 0 Å². The van der Waals surface area contributed by atoms with Gasteiger partial charge in [0.15, 0.2) is 0 Å². The maximum absolute atomic E-state index is 13.0. The third-order valence-electron chi connectivity index (χ3n) is 3.92. The number of carbonyl (C=O) groups is 1. The number of nitrogens with one attached hydrogen (secondary N) is 1. The zero-order chi connectivity index (χ0) is 18.4. The van der Waals surface area contributed by atoms with Crippen LogP contribution in [0.4, 0.5) is 24.5 Å². The first-order chi connectivity index (χ1) is 11.6. The molecule has 0 saturated carbocycles. The van der Waals surface area contributed by atoms with Crippen LogP contribution in [0.5, 0.6) is 0 Å². The van der Waals surface area contributed by atoms with Crippen molar-refractivity contribution in [1.82, 2.24) is 0 Å². The average molecular weight is 370 g/mol. The van der Waals surface area contributed by atoms with Crippen LogP contribution in [0, 0.1) is 0 Å². The lowest BCUT2D eigenvalue weighted by Gasteiger charge is -2.15. The predicted molar refractivity (Wildman–Crippen MR) is 85.8 cm³/mol. The van der Waals surface area contributed by atoms with Crippen molar-refractivity contribution in [1.29, 1.82) is 0 Å². The van der Waals surface area contributed by atoms with E-state index in [4.69, 9.17) is 0 Å². The van der Waals surface area contributed by atoms with Crippen LogP contribution in [-0.4, -0.2) is 21.4 Å². The average Bonchev–Trinajstić information content (AvgIpc) is 2.81. The first-order valence-corrected chi connectivity index (χ1v) is 8.66. The van der Waals surface area contributed by atoms with Gasteiger partial charge in [0.2, 0.25) is 5.91 Å². The van der Waals surface area contributed by atoms with Crippen LogP contribution in [0.1, 0.15) is 11.1 Å². The first kappa shape index (κ1) is 17.3. The Balaban J connectivity index is 1.98. The summed E-state index contributed by atoms with van der Waals surface area (Å²) in [6.07, 6.45) is -4.64. The number of amides is 1. The van der Waals surface area contributed by atoms with Crippen molar-refractivity contribution >= 4 is 27.3 Å². The second-order valence-electron chi connectivity index (χ2n) is 5.57. The maximum Gasteiger partial charge on any atom is 0.418 e. The summed E-state index contributed by atoms with van der Waals surface area (Å²) < 4.78 is 66.0. The summed E-state index contributed by atoms with van der Waals surface area (Å²) in [6.45, 7) is 0. The number of sulfonamides is 1. The molecule has 3 rings (SSSR count). The normalized spacial score (nSPS) is 14.6. The molecule has 132 valence electrons. The third-order valence-corrected chi connectivity index (χ3v) is 5.28. The molecule has 1 heterocycles. The fourth-order valence-electron chi connectivity index (χ4n) is 2.64. The fourth-order valence-corrected chi connectivity index (χ4v) is 3.77. The quantitative estimate of drug-likeness (QED) is 0.903. The van der Waals surface area contributed by atoms with Gasteiger partial charge in [0.25, 0.3) is 10.0 Å². The molecule has 0 radical (unpaired) electrons. The molecule has 0 unspecified atom stereocenters. The van der Waals surface area contributed by atoms with E-state index in [9.17, 15) is 26.4 Å². The number of nitrogens with zero attached hydrogens (tertiary/aromatic N) is 1. The smallest absolute Gasteiger partial charge is 0.315 e. The van der Waals surface area contributed by atoms with Gasteiger partial charge >= 0.3 is 6.18 Å². The van der Waals surface area contributed by atoms with Gasteiger partial charge in [-0.25, -0.2) is 8.42 Å². The summed E-state index contributed by atoms with van der Waals surface area (Å²) in [4.78, 5) is 12.9. The number of rotatable bonds is 3. The lowest BCUT2D eigenvalue weighted by molar-refractivity contribution is -0.136. The Labute approximate surface area is 142 Å². The number of halogens is 3. The largest absolute Gasteiger partial charge is 0.418 e. The molecule has 0 atom stereocenters. The Bertz CT molecular complexity index is 955. The highest BCUT2D eigenvalue weighted by molar-refractivity contribution is 7.92. The standard InChI is InChI=1S/C16H13F3N2O3S/c1-21-14-7-6-11(8-10(14)9-15(21)22)25(23,24)20-13-5-3-2-4-12(13)16(17,18)19/h2-8,20H,9H2,1H3. The minimum atomic E-state index is -4.69. The molecule has 5 nitrogen and oxygen atoms in total. The monoisotopic (exact) mass is 370 g/mol. The topological polar surface area (TPSA) is 66.5 Å². The van der Waals surface area contributed by atoms with Crippen LogP contribution in [0.2, 0.25) is 0 Å². The van der Waals surface area contributed by atoms with Crippen LogP contribution in [0.15, 0.2) is 47.4 Å². The number of para-hydroxylation sites is 1. The van der Waals surface area contributed by atoms with Crippen molar-refractivity contribution in [3.05, 3.63) is 53.6 Å². The molecular weight excluding hydrogens is 357 g/mol. The molecule has 1 N–H and O–H groups in total. The molecule has 1 aliphatic rings. The summed E-state index contributed by atoms with van der Waals surface area (Å²) in [5, 5.41) is 0. The van der Waals surface area contributed by atoms with E-state index in [2.05, 4.69) is 0 Å². The Kier molecular flexibility index (Phi) is 3.98. The number of hydrogen-bond acceptors (Lipinski definition) is 3. The number of fused-ring (bicyclic) bond motifs is 1. The van der Waals surface area contributed by atoms with Gasteiger partial charge in [-0.15, -0.1) is 0 Å². The van der Waals surface area contributed by atoms with Crippen LogP contribution >= 0.6 is 0 Å². The van der Waals surface area contributed by atoms with E-state index in [1.807, 2.05) is 4.72 Å². The summed E-state index contributed by atoms with van der Waals surface area (Å²) in [5.74, 6) is -0.181. The number of benzene rings is 2. The Morgan fingerprint density at radius 1 is 1.12 bits per heavy atom. The van der Waals surface area contributed by atoms with Gasteiger partial charge < -0.3 is 4.90 Å². The second-order valence-corrected chi connectivity index (χ2v) is 7.25. The Hall–Kier alpha value is -2.55. The number of hydrogen-bond donors (Lipinski definition) is 1. The molecule has 25 heavy (non-hydrogen) atoms. The molecule has 0 aromatic heterocycles. The maximum atomic E-state index is 13.0. The lowest BCUT2D eigenvalue weighted by atomic mass is 10.2. The number of anilines is 2. The van der Waals surface area contributed by atoms with E-state index in [0.717, 1.165) is 12.1 Å². The molecule has 0 saturated heterocycles. The molecule has 2 aromatic rings. The molecule has 1 aliphatic heterocycles. The predicted octanol–water partition coefficient (Wildman–Crippen LogP) is 3.03. The van der Waals surface area contributed by atoms with Gasteiger partial charge in [-0.2, -0.15) is 13.2 Å². The molecule has 0 bridgehead atoms. The van der Waals surface area contributed by atoms with E-state index >= 15 is 0 Å². The van der Waals surface area contributed by atoms with Gasteiger partial charge in [-0.05, 0) is 35.9 Å². The zero-order valence-electron chi connectivity index (χ0n) is 13.0. The highest BCUT2D eigenvalue weighted by Crippen LogP contribution is 2.36. The summed E-state index contributed by atoms with van der Waals surface area (Å²) in [6, 6.07) is 8.35. The SMILES string of the molecule is CN1C(=O)Cc2cc(S(=O)(=O)Nc3ccccc3C(F)(F)F)ccc21. The number of carbonyl (C=O) groups excluding carboxylic acids is 1. The molecule has 0 fully saturated rings. The van der Waals surface area contributed by atoms with E-state index < -0.39 is 27.5 Å². The lowest BCUT2D eigenvalue weighted by Crippen LogP contribution is -2.20. The van der Waals surface area contributed by atoms with Gasteiger partial charge in [0.1, 0.15) is 0 Å². The van der Waals surface area contributed by atoms with Crippen molar-refractivity contribution in [2.75, 3.05) is 16.7 Å².